The molecule has 0 bridgehead atoms. The fourth-order valence-electron chi connectivity index (χ4n) is 5.01. The van der Waals surface area contributed by atoms with E-state index in [2.05, 4.69) is 5.32 Å². The number of sulfonamides is 1. The third kappa shape index (κ3) is 8.10. The van der Waals surface area contributed by atoms with Crippen molar-refractivity contribution in [2.45, 2.75) is 62.6 Å². The number of amides is 2. The van der Waals surface area contributed by atoms with Gasteiger partial charge < -0.3 is 10.2 Å². The number of likely N-dealkylation sites (N-methyl/N-ethyl adjacent to an activating group) is 1. The maximum absolute atomic E-state index is 14.0. The molecule has 218 valence electrons. The largest absolute Gasteiger partial charge is 0.352 e. The first-order valence-electron chi connectivity index (χ1n) is 13.7. The number of carbonyl (C=O) groups excluding carboxylic acids is 2. The molecule has 0 aliphatic heterocycles. The van der Waals surface area contributed by atoms with E-state index in [4.69, 9.17) is 23.2 Å². The second-order valence-electron chi connectivity index (χ2n) is 10.5. The van der Waals surface area contributed by atoms with Gasteiger partial charge in [-0.05, 0) is 55.2 Å². The summed E-state index contributed by atoms with van der Waals surface area (Å²) < 4.78 is 27.7. The van der Waals surface area contributed by atoms with Crippen LogP contribution in [-0.4, -0.2) is 55.1 Å². The Balaban J connectivity index is 1.68. The van der Waals surface area contributed by atoms with Crippen LogP contribution in [-0.2, 0) is 32.6 Å². The maximum atomic E-state index is 14.0. The molecule has 0 radical (unpaired) electrons. The highest BCUT2D eigenvalue weighted by Gasteiger charge is 2.34. The zero-order valence-electron chi connectivity index (χ0n) is 23.2. The summed E-state index contributed by atoms with van der Waals surface area (Å²) in [7, 11) is -2.59. The Bertz CT molecular complexity index is 1460. The van der Waals surface area contributed by atoms with Crippen molar-refractivity contribution in [2.75, 3.05) is 13.6 Å². The van der Waals surface area contributed by atoms with E-state index in [0.717, 1.165) is 41.1 Å². The average Bonchev–Trinajstić information content (AvgIpc) is 3.45. The Hall–Kier alpha value is -2.91. The summed E-state index contributed by atoms with van der Waals surface area (Å²) in [6.45, 7) is 1.42. The van der Waals surface area contributed by atoms with Gasteiger partial charge >= 0.3 is 0 Å². The number of hydrogen-bond acceptors (Lipinski definition) is 4. The second kappa shape index (κ2) is 13.8. The minimum atomic E-state index is -3.95. The summed E-state index contributed by atoms with van der Waals surface area (Å²) in [6, 6.07) is 20.0. The van der Waals surface area contributed by atoms with Gasteiger partial charge in [0.15, 0.2) is 0 Å². The topological polar surface area (TPSA) is 86.8 Å². The van der Waals surface area contributed by atoms with E-state index in [-0.39, 0.29) is 29.8 Å². The first-order valence-corrected chi connectivity index (χ1v) is 15.8. The van der Waals surface area contributed by atoms with Crippen LogP contribution >= 0.6 is 23.2 Å². The molecule has 3 aromatic carbocycles. The van der Waals surface area contributed by atoms with Crippen LogP contribution in [0.25, 0.3) is 0 Å². The van der Waals surface area contributed by atoms with Crippen LogP contribution in [0.5, 0.6) is 0 Å². The number of nitrogens with zero attached hydrogens (tertiary/aromatic N) is 2. The smallest absolute Gasteiger partial charge is 0.243 e. The van der Waals surface area contributed by atoms with E-state index in [1.165, 1.54) is 24.1 Å². The third-order valence-electron chi connectivity index (χ3n) is 7.42. The molecule has 3 aromatic rings. The Morgan fingerprint density at radius 3 is 2.27 bits per heavy atom. The standard InChI is InChI=1S/C31H35Cl2N3O4S/c1-22-12-16-27(17-13-22)41(39,40)35(2)21-30(37)36(20-24-14-15-25(32)19-28(24)33)29(18-23-8-4-3-5-9-23)31(38)34-26-10-6-7-11-26/h3-5,8-9,12-17,19,26,29H,6-7,10-11,18,20-21H2,1-2H3,(H,34,38)/t29-/m0/s1. The average molecular weight is 617 g/mol. The summed E-state index contributed by atoms with van der Waals surface area (Å²) in [4.78, 5) is 29.4. The highest BCUT2D eigenvalue weighted by atomic mass is 35.5. The maximum Gasteiger partial charge on any atom is 0.243 e. The normalized spacial score (nSPS) is 14.7. The number of benzene rings is 3. The molecular formula is C31H35Cl2N3O4S. The predicted octanol–water partition coefficient (Wildman–Crippen LogP) is 5.62. The molecule has 1 N–H and O–H groups in total. The fourth-order valence-corrected chi connectivity index (χ4v) is 6.60. The number of hydrogen-bond donors (Lipinski definition) is 1. The van der Waals surface area contributed by atoms with Crippen molar-refractivity contribution in [3.63, 3.8) is 0 Å². The van der Waals surface area contributed by atoms with Crippen LogP contribution in [0.2, 0.25) is 10.0 Å². The molecule has 1 fully saturated rings. The van der Waals surface area contributed by atoms with Crippen LogP contribution in [0.1, 0.15) is 42.4 Å². The van der Waals surface area contributed by atoms with E-state index in [1.807, 2.05) is 37.3 Å². The van der Waals surface area contributed by atoms with Crippen molar-refractivity contribution < 1.29 is 18.0 Å². The lowest BCUT2D eigenvalue weighted by Crippen LogP contribution is -2.54. The zero-order chi connectivity index (χ0) is 29.6. The van der Waals surface area contributed by atoms with Gasteiger partial charge in [0.1, 0.15) is 6.04 Å². The first-order chi connectivity index (χ1) is 19.5. The van der Waals surface area contributed by atoms with E-state index >= 15 is 0 Å². The van der Waals surface area contributed by atoms with E-state index in [9.17, 15) is 18.0 Å². The van der Waals surface area contributed by atoms with Gasteiger partial charge in [0.05, 0.1) is 11.4 Å². The van der Waals surface area contributed by atoms with Crippen molar-refractivity contribution in [1.29, 1.82) is 0 Å². The van der Waals surface area contributed by atoms with E-state index < -0.39 is 28.5 Å². The molecular weight excluding hydrogens is 581 g/mol. The molecule has 0 saturated heterocycles. The van der Waals surface area contributed by atoms with Gasteiger partial charge in [0, 0.05) is 36.1 Å². The number of nitrogens with one attached hydrogen (secondary N) is 1. The lowest BCUT2D eigenvalue weighted by molar-refractivity contribution is -0.141. The summed E-state index contributed by atoms with van der Waals surface area (Å²) in [6.07, 6.45) is 4.11. The summed E-state index contributed by atoms with van der Waals surface area (Å²) in [5, 5.41) is 3.94. The molecule has 1 aliphatic rings. The molecule has 1 atom stereocenters. The van der Waals surface area contributed by atoms with Crippen LogP contribution in [0.15, 0.2) is 77.7 Å². The second-order valence-corrected chi connectivity index (χ2v) is 13.4. The lowest BCUT2D eigenvalue weighted by Gasteiger charge is -2.33. The molecule has 1 aliphatic carbocycles. The van der Waals surface area contributed by atoms with Crippen LogP contribution in [0.3, 0.4) is 0 Å². The van der Waals surface area contributed by atoms with Gasteiger partial charge in [0.25, 0.3) is 0 Å². The number of halogens is 2. The molecule has 0 spiro atoms. The van der Waals surface area contributed by atoms with E-state index in [1.54, 1.807) is 30.3 Å². The highest BCUT2D eigenvalue weighted by molar-refractivity contribution is 7.89. The first kappa shape index (κ1) is 31.0. The van der Waals surface area contributed by atoms with Gasteiger partial charge in [-0.15, -0.1) is 0 Å². The molecule has 0 unspecified atom stereocenters. The third-order valence-corrected chi connectivity index (χ3v) is 9.82. The Labute approximate surface area is 252 Å². The van der Waals surface area contributed by atoms with Crippen LogP contribution in [0.4, 0.5) is 0 Å². The minimum Gasteiger partial charge on any atom is -0.352 e. The monoisotopic (exact) mass is 615 g/mol. The molecule has 0 aromatic heterocycles. The zero-order valence-corrected chi connectivity index (χ0v) is 25.6. The van der Waals surface area contributed by atoms with Crippen molar-refractivity contribution in [3.8, 4) is 0 Å². The Kier molecular flexibility index (Phi) is 10.5. The SMILES string of the molecule is Cc1ccc(S(=O)(=O)N(C)CC(=O)N(Cc2ccc(Cl)cc2Cl)[C@@H](Cc2ccccc2)C(=O)NC2CCCC2)cc1. The van der Waals surface area contributed by atoms with Crippen LogP contribution in [0, 0.1) is 6.92 Å². The van der Waals surface area contributed by atoms with Gasteiger partial charge in [-0.1, -0.05) is 90.1 Å². The Morgan fingerprint density at radius 1 is 0.976 bits per heavy atom. The molecule has 1 saturated carbocycles. The number of rotatable bonds is 11. The molecule has 4 rings (SSSR count). The fraction of sp³-hybridized carbons (Fsp3) is 0.355. The molecule has 0 heterocycles. The molecule has 2 amide bonds. The van der Waals surface area contributed by atoms with Gasteiger partial charge in [-0.2, -0.15) is 4.31 Å². The lowest BCUT2D eigenvalue weighted by atomic mass is 10.0. The summed E-state index contributed by atoms with van der Waals surface area (Å²) in [5.74, 6) is -0.792. The van der Waals surface area contributed by atoms with E-state index in [0.29, 0.717) is 15.6 Å². The molecule has 41 heavy (non-hydrogen) atoms. The van der Waals surface area contributed by atoms with Gasteiger partial charge in [-0.25, -0.2) is 8.42 Å². The van der Waals surface area contributed by atoms with Gasteiger partial charge in [0.2, 0.25) is 21.8 Å². The van der Waals surface area contributed by atoms with Crippen molar-refractivity contribution in [2.24, 2.45) is 0 Å². The van der Waals surface area contributed by atoms with Crippen molar-refractivity contribution >= 4 is 45.0 Å². The van der Waals surface area contributed by atoms with Crippen LogP contribution < -0.4 is 5.32 Å². The Morgan fingerprint density at radius 2 is 1.63 bits per heavy atom. The van der Waals surface area contributed by atoms with Crippen molar-refractivity contribution in [3.05, 3.63) is 99.5 Å². The molecule has 10 heteroatoms. The van der Waals surface area contributed by atoms with Gasteiger partial charge in [-0.3, -0.25) is 9.59 Å². The minimum absolute atomic E-state index is 0.00282. The van der Waals surface area contributed by atoms with Crippen molar-refractivity contribution in [1.82, 2.24) is 14.5 Å². The highest BCUT2D eigenvalue weighted by Crippen LogP contribution is 2.25. The number of carbonyl (C=O) groups is 2. The summed E-state index contributed by atoms with van der Waals surface area (Å²) >= 11 is 12.6. The number of aryl methyl sites for hydroxylation is 1. The molecule has 7 nitrogen and oxygen atoms in total. The predicted molar refractivity (Wildman–Crippen MR) is 162 cm³/mol. The quantitative estimate of drug-likeness (QED) is 0.303. The summed E-state index contributed by atoms with van der Waals surface area (Å²) in [5.41, 5.74) is 2.39.